The first kappa shape index (κ1) is 26.5. The lowest BCUT2D eigenvalue weighted by Gasteiger charge is -2.28. The number of nitrogens with one attached hydrogen (secondary N) is 1. The van der Waals surface area contributed by atoms with Gasteiger partial charge in [0.15, 0.2) is 0 Å². The number of ketones is 2. The number of aliphatic hydroxyl groups excluding tert-OH is 1. The van der Waals surface area contributed by atoms with E-state index in [0.717, 1.165) is 24.5 Å². The molecule has 33 heavy (non-hydrogen) atoms. The Kier molecular flexibility index (Phi) is 9.56. The Balaban J connectivity index is 2.39. The molecular formula is C26H36N2O5. The third kappa shape index (κ3) is 7.11. The highest BCUT2D eigenvalue weighted by molar-refractivity contribution is 6.23. The summed E-state index contributed by atoms with van der Waals surface area (Å²) < 4.78 is 5.58. The summed E-state index contributed by atoms with van der Waals surface area (Å²) in [6, 6.07) is 0. The van der Waals surface area contributed by atoms with Crippen LogP contribution in [0.4, 0.5) is 0 Å². The van der Waals surface area contributed by atoms with Gasteiger partial charge in [-0.2, -0.15) is 0 Å². The Hall–Kier alpha value is -2.77. The lowest BCUT2D eigenvalue weighted by Crippen LogP contribution is -2.36. The summed E-state index contributed by atoms with van der Waals surface area (Å²) in [7, 11) is 1.55. The molecule has 7 nitrogen and oxygen atoms in total. The molecule has 2 aliphatic rings. The molecule has 0 radical (unpaired) electrons. The minimum atomic E-state index is -0.722. The van der Waals surface area contributed by atoms with Crippen molar-refractivity contribution in [2.24, 2.45) is 17.6 Å². The van der Waals surface area contributed by atoms with Gasteiger partial charge in [0.2, 0.25) is 11.6 Å². The van der Waals surface area contributed by atoms with Crippen molar-refractivity contribution in [1.29, 1.82) is 0 Å². The highest BCUT2D eigenvalue weighted by atomic mass is 16.5. The summed E-state index contributed by atoms with van der Waals surface area (Å²) in [5, 5.41) is 13.4. The summed E-state index contributed by atoms with van der Waals surface area (Å²) in [4.78, 5) is 38.0. The fourth-order valence-electron chi connectivity index (χ4n) is 4.09. The Morgan fingerprint density at radius 1 is 1.18 bits per heavy atom. The quantitative estimate of drug-likeness (QED) is 0.412. The highest BCUT2D eigenvalue weighted by Crippen LogP contribution is 2.27. The van der Waals surface area contributed by atoms with Gasteiger partial charge in [-0.1, -0.05) is 43.7 Å². The van der Waals surface area contributed by atoms with E-state index < -0.39 is 29.7 Å². The molecule has 4 N–H and O–H groups in total. The van der Waals surface area contributed by atoms with Crippen LogP contribution in [-0.2, 0) is 19.1 Å². The summed E-state index contributed by atoms with van der Waals surface area (Å²) in [6.07, 6.45) is 9.71. The van der Waals surface area contributed by atoms with Gasteiger partial charge in [-0.25, -0.2) is 0 Å². The number of carbonyl (C=O) groups excluding carboxylic acids is 3. The molecule has 0 aromatic rings. The van der Waals surface area contributed by atoms with Crippen LogP contribution in [-0.4, -0.2) is 41.9 Å². The summed E-state index contributed by atoms with van der Waals surface area (Å²) in [5.74, 6) is -1.64. The molecule has 1 heterocycles. The van der Waals surface area contributed by atoms with E-state index in [2.05, 4.69) is 11.4 Å². The molecule has 0 aromatic heterocycles. The maximum atomic E-state index is 13.0. The van der Waals surface area contributed by atoms with Gasteiger partial charge in [0, 0.05) is 30.2 Å². The molecule has 0 unspecified atom stereocenters. The topological polar surface area (TPSA) is 119 Å². The highest BCUT2D eigenvalue weighted by Gasteiger charge is 2.31. The molecule has 0 aromatic carbocycles. The molecule has 1 amide bonds. The van der Waals surface area contributed by atoms with Gasteiger partial charge in [0.25, 0.3) is 5.91 Å². The average molecular weight is 457 g/mol. The van der Waals surface area contributed by atoms with E-state index in [-0.39, 0.29) is 35.2 Å². The number of carbonyl (C=O) groups is 3. The van der Waals surface area contributed by atoms with Crippen molar-refractivity contribution in [2.75, 3.05) is 7.11 Å². The lowest BCUT2D eigenvalue weighted by molar-refractivity contribution is -0.120. The summed E-state index contributed by atoms with van der Waals surface area (Å²) in [6.45, 7) is 7.54. The number of nitrogens with two attached hydrogens (primary N) is 1. The second kappa shape index (κ2) is 11.9. The van der Waals surface area contributed by atoms with Crippen LogP contribution >= 0.6 is 0 Å². The van der Waals surface area contributed by atoms with Gasteiger partial charge in [0.1, 0.15) is 0 Å². The van der Waals surface area contributed by atoms with Gasteiger partial charge < -0.3 is 20.9 Å². The van der Waals surface area contributed by atoms with E-state index in [1.54, 1.807) is 26.2 Å². The van der Waals surface area contributed by atoms with E-state index in [4.69, 9.17) is 10.5 Å². The molecule has 0 spiro atoms. The average Bonchev–Trinajstić information content (AvgIpc) is 2.76. The normalized spacial score (nSPS) is 32.9. The van der Waals surface area contributed by atoms with Gasteiger partial charge >= 0.3 is 0 Å². The van der Waals surface area contributed by atoms with Crippen molar-refractivity contribution in [1.82, 2.24) is 5.32 Å². The molecule has 0 fully saturated rings. The Bertz CT molecular complexity index is 938. The van der Waals surface area contributed by atoms with Crippen LogP contribution in [0.5, 0.6) is 0 Å². The van der Waals surface area contributed by atoms with Crippen LogP contribution < -0.4 is 11.1 Å². The van der Waals surface area contributed by atoms with Crippen LogP contribution in [0, 0.1) is 11.8 Å². The number of amides is 1. The van der Waals surface area contributed by atoms with Crippen molar-refractivity contribution in [3.63, 3.8) is 0 Å². The standard InChI is InChI=1S/C26H36N2O5/c1-15-9-7-6-8-10-17(3)26(32)28-20-14-21(29)23(27)19(25(20)31)12-16(2)13-22(33-5)24(30)18(4)11-15/h6,8,10-11,14,16,18,22,24,30H,7,9,12-13,27H2,1-5H3,(H,28,32)/b8-6-,15-11+,17-10+/t16-,18+,22+,24-/m1/s1. The molecule has 7 heteroatoms. The molecule has 4 atom stereocenters. The van der Waals surface area contributed by atoms with Crippen LogP contribution in [0.2, 0.25) is 0 Å². The van der Waals surface area contributed by atoms with Crippen LogP contribution in [0.1, 0.15) is 53.4 Å². The maximum Gasteiger partial charge on any atom is 0.251 e. The Morgan fingerprint density at radius 2 is 1.88 bits per heavy atom. The largest absolute Gasteiger partial charge is 0.395 e. The number of ether oxygens (including phenoxy) is 1. The lowest BCUT2D eigenvalue weighted by atomic mass is 9.85. The van der Waals surface area contributed by atoms with E-state index in [1.807, 2.05) is 26.8 Å². The van der Waals surface area contributed by atoms with E-state index in [1.165, 1.54) is 0 Å². The van der Waals surface area contributed by atoms with Gasteiger partial charge in [-0.05, 0) is 45.4 Å². The second-order valence-corrected chi connectivity index (χ2v) is 9.10. The van der Waals surface area contributed by atoms with Gasteiger partial charge in [0.05, 0.1) is 23.6 Å². The monoisotopic (exact) mass is 456 g/mol. The number of rotatable bonds is 1. The van der Waals surface area contributed by atoms with Gasteiger partial charge in [-0.3, -0.25) is 14.4 Å². The number of methoxy groups -OCH3 is 1. The predicted octanol–water partition coefficient (Wildman–Crippen LogP) is 3.02. The Labute approximate surface area is 196 Å². The molecule has 180 valence electrons. The van der Waals surface area contributed by atoms with Crippen molar-refractivity contribution >= 4 is 17.5 Å². The summed E-state index contributed by atoms with van der Waals surface area (Å²) >= 11 is 0. The van der Waals surface area contributed by atoms with Crippen LogP contribution in [0.15, 0.2) is 58.5 Å². The maximum absolute atomic E-state index is 13.0. The van der Waals surface area contributed by atoms with Gasteiger partial charge in [-0.15, -0.1) is 0 Å². The zero-order valence-electron chi connectivity index (χ0n) is 20.2. The molecule has 2 bridgehead atoms. The number of fused-ring (bicyclic) bond motifs is 2. The first-order valence-corrected chi connectivity index (χ1v) is 11.4. The van der Waals surface area contributed by atoms with Crippen molar-refractivity contribution in [3.05, 3.63) is 58.5 Å². The molecule has 1 aliphatic carbocycles. The molecule has 2 rings (SSSR count). The minimum Gasteiger partial charge on any atom is -0.395 e. The number of aliphatic hydroxyl groups is 1. The Morgan fingerprint density at radius 3 is 2.55 bits per heavy atom. The molecule has 0 saturated heterocycles. The van der Waals surface area contributed by atoms with E-state index in [0.29, 0.717) is 12.0 Å². The summed E-state index contributed by atoms with van der Waals surface area (Å²) in [5.41, 5.74) is 7.53. The van der Waals surface area contributed by atoms with Crippen molar-refractivity contribution in [2.45, 2.75) is 65.6 Å². The fourth-order valence-corrected chi connectivity index (χ4v) is 4.09. The minimum absolute atomic E-state index is 0.0761. The number of allylic oxidation sites excluding steroid dienone is 6. The van der Waals surface area contributed by atoms with Crippen molar-refractivity contribution in [3.8, 4) is 0 Å². The molecular weight excluding hydrogens is 420 g/mol. The molecule has 1 aliphatic heterocycles. The first-order chi connectivity index (χ1) is 15.5. The van der Waals surface area contributed by atoms with Crippen LogP contribution in [0.3, 0.4) is 0 Å². The SMILES string of the molecule is CO[C@H]1C[C@H](C)CC2=C(N)C(=O)C=C(NC(=O)/C(C)=C/C=C\CC/C(C)=C/[C@H](C)[C@H]1O)C2=O. The van der Waals surface area contributed by atoms with Crippen LogP contribution in [0.25, 0.3) is 0 Å². The second-order valence-electron chi connectivity index (χ2n) is 9.10. The fraction of sp³-hybridized carbons (Fsp3) is 0.500. The van der Waals surface area contributed by atoms with E-state index >= 15 is 0 Å². The number of hydrogen-bond acceptors (Lipinski definition) is 6. The first-order valence-electron chi connectivity index (χ1n) is 11.4. The smallest absolute Gasteiger partial charge is 0.251 e. The number of hydrogen-bond donors (Lipinski definition) is 3. The zero-order valence-corrected chi connectivity index (χ0v) is 20.2. The third-order valence-electron chi connectivity index (χ3n) is 6.14. The van der Waals surface area contributed by atoms with Crippen molar-refractivity contribution < 1.29 is 24.2 Å². The predicted molar refractivity (Wildman–Crippen MR) is 128 cm³/mol. The third-order valence-corrected chi connectivity index (χ3v) is 6.14. The number of Topliss-reactive ketones (excluding diaryl/α,β-unsaturated/α-hetero) is 1. The zero-order chi connectivity index (χ0) is 24.7. The molecule has 0 saturated carbocycles. The van der Waals surface area contributed by atoms with E-state index in [9.17, 15) is 19.5 Å².